The second kappa shape index (κ2) is 6.25. The molecule has 2 aromatic rings. The highest BCUT2D eigenvalue weighted by molar-refractivity contribution is 6.03. The smallest absolute Gasteiger partial charge is 0.276 e. The van der Waals surface area contributed by atoms with Gasteiger partial charge in [-0.1, -0.05) is 19.9 Å². The molecule has 0 aliphatic heterocycles. The van der Waals surface area contributed by atoms with E-state index in [2.05, 4.69) is 51.1 Å². The minimum Gasteiger partial charge on any atom is -0.321 e. The van der Waals surface area contributed by atoms with E-state index in [0.717, 1.165) is 5.69 Å². The van der Waals surface area contributed by atoms with Crippen LogP contribution in [0.2, 0.25) is 0 Å². The Morgan fingerprint density at radius 3 is 2.52 bits per heavy atom. The minimum atomic E-state index is -0.273. The van der Waals surface area contributed by atoms with Gasteiger partial charge in [-0.2, -0.15) is 10.4 Å². The summed E-state index contributed by atoms with van der Waals surface area (Å²) >= 11 is 0. The van der Waals surface area contributed by atoms with E-state index in [-0.39, 0.29) is 17.4 Å². The van der Waals surface area contributed by atoms with E-state index in [1.54, 1.807) is 24.3 Å². The Bertz CT molecular complexity index is 760. The molecule has 1 N–H and O–H groups in total. The standard InChI is InChI=1S/C18H22N4O/c1-12(2)16-10-15(21-22(16)18(3,4)5)17(23)20-14-8-6-7-13(9-14)11-19/h6-10,12H,1-5H3,(H,20,23). The number of hydrogen-bond donors (Lipinski definition) is 1. The van der Waals surface area contributed by atoms with E-state index < -0.39 is 0 Å². The highest BCUT2D eigenvalue weighted by Crippen LogP contribution is 2.24. The molecule has 0 aliphatic rings. The molecular weight excluding hydrogens is 288 g/mol. The van der Waals surface area contributed by atoms with Crippen molar-refractivity contribution in [2.45, 2.75) is 46.1 Å². The van der Waals surface area contributed by atoms with Crippen LogP contribution in [0.4, 0.5) is 5.69 Å². The average molecular weight is 310 g/mol. The first-order valence-corrected chi connectivity index (χ1v) is 7.64. The molecule has 0 radical (unpaired) electrons. The summed E-state index contributed by atoms with van der Waals surface area (Å²) in [5.41, 5.74) is 2.30. The van der Waals surface area contributed by atoms with Crippen molar-refractivity contribution in [2.24, 2.45) is 0 Å². The highest BCUT2D eigenvalue weighted by Gasteiger charge is 2.23. The van der Waals surface area contributed by atoms with Gasteiger partial charge in [-0.25, -0.2) is 0 Å². The highest BCUT2D eigenvalue weighted by atomic mass is 16.1. The monoisotopic (exact) mass is 310 g/mol. The molecule has 0 saturated heterocycles. The van der Waals surface area contributed by atoms with E-state index in [0.29, 0.717) is 16.9 Å². The first-order valence-electron chi connectivity index (χ1n) is 7.64. The number of anilines is 1. The molecule has 1 amide bonds. The van der Waals surface area contributed by atoms with Crippen LogP contribution in [0.3, 0.4) is 0 Å². The first-order chi connectivity index (χ1) is 10.7. The largest absolute Gasteiger partial charge is 0.321 e. The maximum absolute atomic E-state index is 12.5. The predicted molar refractivity (Wildman–Crippen MR) is 90.4 cm³/mol. The number of hydrogen-bond acceptors (Lipinski definition) is 3. The van der Waals surface area contributed by atoms with Gasteiger partial charge in [0.1, 0.15) is 0 Å². The summed E-state index contributed by atoms with van der Waals surface area (Å²) < 4.78 is 1.90. The maximum Gasteiger partial charge on any atom is 0.276 e. The molecule has 0 unspecified atom stereocenters. The fourth-order valence-electron chi connectivity index (χ4n) is 2.32. The van der Waals surface area contributed by atoms with Gasteiger partial charge in [0.25, 0.3) is 5.91 Å². The quantitative estimate of drug-likeness (QED) is 0.935. The second-order valence-corrected chi connectivity index (χ2v) is 6.84. The van der Waals surface area contributed by atoms with Gasteiger partial charge >= 0.3 is 0 Å². The molecule has 1 aromatic heterocycles. The molecule has 0 fully saturated rings. The normalized spacial score (nSPS) is 11.3. The molecule has 5 nitrogen and oxygen atoms in total. The number of carbonyl (C=O) groups is 1. The van der Waals surface area contributed by atoms with Crippen LogP contribution in [-0.2, 0) is 5.54 Å². The van der Waals surface area contributed by atoms with Crippen molar-refractivity contribution >= 4 is 11.6 Å². The third-order valence-electron chi connectivity index (χ3n) is 3.45. The van der Waals surface area contributed by atoms with Crippen LogP contribution in [0.5, 0.6) is 0 Å². The van der Waals surface area contributed by atoms with Gasteiger partial charge in [0.2, 0.25) is 0 Å². The van der Waals surface area contributed by atoms with E-state index >= 15 is 0 Å². The Kier molecular flexibility index (Phi) is 4.55. The van der Waals surface area contributed by atoms with E-state index in [9.17, 15) is 4.79 Å². The Balaban J connectivity index is 2.31. The van der Waals surface area contributed by atoms with Gasteiger partial charge < -0.3 is 5.32 Å². The van der Waals surface area contributed by atoms with Gasteiger partial charge in [0.15, 0.2) is 5.69 Å². The van der Waals surface area contributed by atoms with Gasteiger partial charge in [0.05, 0.1) is 17.2 Å². The summed E-state index contributed by atoms with van der Waals surface area (Å²) in [5.74, 6) is -0.00446. The Morgan fingerprint density at radius 2 is 2.00 bits per heavy atom. The topological polar surface area (TPSA) is 70.7 Å². The Morgan fingerprint density at radius 1 is 1.30 bits per heavy atom. The molecule has 2 rings (SSSR count). The Hall–Kier alpha value is -2.61. The van der Waals surface area contributed by atoms with Crippen LogP contribution in [0.1, 0.15) is 62.3 Å². The summed E-state index contributed by atoms with van der Waals surface area (Å²) in [6, 6.07) is 10.7. The Labute approximate surface area is 136 Å². The fourth-order valence-corrected chi connectivity index (χ4v) is 2.32. The van der Waals surface area contributed by atoms with Crippen LogP contribution in [-0.4, -0.2) is 15.7 Å². The van der Waals surface area contributed by atoms with Gasteiger partial charge in [-0.05, 0) is 51.0 Å². The molecule has 23 heavy (non-hydrogen) atoms. The van der Waals surface area contributed by atoms with E-state index in [1.165, 1.54) is 0 Å². The number of carbonyl (C=O) groups excluding carboxylic acids is 1. The molecule has 5 heteroatoms. The van der Waals surface area contributed by atoms with Crippen molar-refractivity contribution in [3.63, 3.8) is 0 Å². The lowest BCUT2D eigenvalue weighted by molar-refractivity contribution is 0.102. The lowest BCUT2D eigenvalue weighted by Crippen LogP contribution is -2.26. The third kappa shape index (κ3) is 3.78. The summed E-state index contributed by atoms with van der Waals surface area (Å²) in [6.45, 7) is 10.3. The molecule has 0 aliphatic carbocycles. The van der Waals surface area contributed by atoms with E-state index in [4.69, 9.17) is 5.26 Å². The molecule has 1 heterocycles. The molecule has 120 valence electrons. The number of amides is 1. The number of nitriles is 1. The van der Waals surface area contributed by atoms with Crippen molar-refractivity contribution in [1.82, 2.24) is 9.78 Å². The van der Waals surface area contributed by atoms with Crippen LogP contribution < -0.4 is 5.32 Å². The van der Waals surface area contributed by atoms with Gasteiger partial charge in [0, 0.05) is 11.4 Å². The second-order valence-electron chi connectivity index (χ2n) is 6.84. The van der Waals surface area contributed by atoms with E-state index in [1.807, 2.05) is 10.7 Å². The summed E-state index contributed by atoms with van der Waals surface area (Å²) in [4.78, 5) is 12.5. The van der Waals surface area contributed by atoms with Crippen molar-refractivity contribution in [1.29, 1.82) is 5.26 Å². The zero-order valence-electron chi connectivity index (χ0n) is 14.2. The third-order valence-corrected chi connectivity index (χ3v) is 3.45. The van der Waals surface area contributed by atoms with Gasteiger partial charge in [-0.3, -0.25) is 9.48 Å². The fraction of sp³-hybridized carbons (Fsp3) is 0.389. The lowest BCUT2D eigenvalue weighted by atomic mass is 10.1. The maximum atomic E-state index is 12.5. The predicted octanol–water partition coefficient (Wildman–Crippen LogP) is 3.89. The molecule has 0 atom stereocenters. The van der Waals surface area contributed by atoms with Crippen molar-refractivity contribution in [3.8, 4) is 6.07 Å². The van der Waals surface area contributed by atoms with Gasteiger partial charge in [-0.15, -0.1) is 0 Å². The van der Waals surface area contributed by atoms with Crippen LogP contribution in [0.15, 0.2) is 30.3 Å². The number of rotatable bonds is 3. The molecular formula is C18H22N4O. The molecule has 0 bridgehead atoms. The van der Waals surface area contributed by atoms with Crippen molar-refractivity contribution in [2.75, 3.05) is 5.32 Å². The van der Waals surface area contributed by atoms with Crippen molar-refractivity contribution < 1.29 is 4.79 Å². The molecule has 0 spiro atoms. The zero-order valence-corrected chi connectivity index (χ0v) is 14.2. The van der Waals surface area contributed by atoms with Crippen molar-refractivity contribution in [3.05, 3.63) is 47.3 Å². The number of nitrogens with zero attached hydrogens (tertiary/aromatic N) is 3. The minimum absolute atomic E-state index is 0.196. The summed E-state index contributed by atoms with van der Waals surface area (Å²) in [7, 11) is 0. The number of nitrogens with one attached hydrogen (secondary N) is 1. The number of aromatic nitrogens is 2. The van der Waals surface area contributed by atoms with Crippen LogP contribution in [0, 0.1) is 11.3 Å². The van der Waals surface area contributed by atoms with Crippen LogP contribution in [0.25, 0.3) is 0 Å². The summed E-state index contributed by atoms with van der Waals surface area (Å²) in [5, 5.41) is 16.2. The SMILES string of the molecule is CC(C)c1cc(C(=O)Nc2cccc(C#N)c2)nn1C(C)(C)C. The lowest BCUT2D eigenvalue weighted by Gasteiger charge is -2.23. The van der Waals surface area contributed by atoms with Crippen LogP contribution >= 0.6 is 0 Å². The average Bonchev–Trinajstić information content (AvgIpc) is 2.93. The zero-order chi connectivity index (χ0) is 17.2. The molecule has 0 saturated carbocycles. The molecule has 1 aromatic carbocycles. The summed E-state index contributed by atoms with van der Waals surface area (Å²) in [6.07, 6.45) is 0. The first kappa shape index (κ1) is 16.8. The number of benzene rings is 1.